The second-order valence-electron chi connectivity index (χ2n) is 7.28. The summed E-state index contributed by atoms with van der Waals surface area (Å²) in [5, 5.41) is 3.39. The van der Waals surface area contributed by atoms with Crippen LogP contribution in [0.4, 0.5) is 5.69 Å². The number of para-hydroxylation sites is 2. The first kappa shape index (κ1) is 16.1. The number of carbonyl (C=O) groups excluding carboxylic acids is 2. The number of carbonyl (C=O) groups is 2. The monoisotopic (exact) mass is 381 g/mol. The second-order valence-corrected chi connectivity index (χ2v) is 7.28. The number of nitrogens with one attached hydrogen (secondary N) is 1. The molecule has 0 fully saturated rings. The molecule has 6 rings (SSSR count). The maximum atomic E-state index is 12.9. The highest BCUT2D eigenvalue weighted by Gasteiger charge is 2.42. The van der Waals surface area contributed by atoms with Gasteiger partial charge in [-0.1, -0.05) is 36.4 Å². The molecule has 3 aliphatic heterocycles. The third-order valence-electron chi connectivity index (χ3n) is 5.75. The van der Waals surface area contributed by atoms with E-state index < -0.39 is 0 Å². The Morgan fingerprint density at radius 2 is 1.97 bits per heavy atom. The molecular weight excluding hydrogens is 366 g/mol. The third kappa shape index (κ3) is 2.20. The number of nitrogens with zero attached hydrogens (tertiary/aromatic N) is 2. The standard InChI is InChI=1S/C23H15N3O3/c27-22-18(16-6-1-3-13-7-10-29-21(13)16)19(23(28)25-22)17-12-26-9-8-24-11-14-4-2-5-15(17)20(14)26/h1-11,17H,12H2,(H,25,27,28). The molecule has 1 atom stereocenters. The van der Waals surface area contributed by atoms with Gasteiger partial charge in [0.25, 0.3) is 11.8 Å². The van der Waals surface area contributed by atoms with Gasteiger partial charge in [0.1, 0.15) is 5.58 Å². The van der Waals surface area contributed by atoms with Gasteiger partial charge in [-0.25, -0.2) is 0 Å². The van der Waals surface area contributed by atoms with Gasteiger partial charge < -0.3 is 9.32 Å². The van der Waals surface area contributed by atoms with Crippen LogP contribution in [0.3, 0.4) is 0 Å². The highest BCUT2D eigenvalue weighted by molar-refractivity contribution is 6.37. The molecule has 3 aliphatic rings. The highest BCUT2D eigenvalue weighted by atomic mass is 16.3. The van der Waals surface area contributed by atoms with Crippen LogP contribution < -0.4 is 10.2 Å². The molecule has 140 valence electrons. The maximum Gasteiger partial charge on any atom is 0.259 e. The molecule has 0 bridgehead atoms. The smallest absolute Gasteiger partial charge is 0.259 e. The predicted octanol–water partition coefficient (Wildman–Crippen LogP) is 3.35. The molecule has 0 saturated heterocycles. The van der Waals surface area contributed by atoms with Crippen LogP contribution in [0, 0.1) is 0 Å². The molecule has 6 nitrogen and oxygen atoms in total. The number of aliphatic imine (C=N–C) groups is 1. The zero-order chi connectivity index (χ0) is 19.5. The van der Waals surface area contributed by atoms with Crippen molar-refractivity contribution in [3.63, 3.8) is 0 Å². The van der Waals surface area contributed by atoms with Crippen molar-refractivity contribution in [1.82, 2.24) is 5.32 Å². The minimum Gasteiger partial charge on any atom is -0.464 e. The summed E-state index contributed by atoms with van der Waals surface area (Å²) in [6, 6.07) is 13.5. The van der Waals surface area contributed by atoms with Gasteiger partial charge in [-0.15, -0.1) is 0 Å². The fourth-order valence-electron chi connectivity index (χ4n) is 4.57. The van der Waals surface area contributed by atoms with Gasteiger partial charge >= 0.3 is 0 Å². The molecule has 0 aliphatic carbocycles. The van der Waals surface area contributed by atoms with E-state index in [-0.39, 0.29) is 17.7 Å². The van der Waals surface area contributed by atoms with E-state index in [2.05, 4.69) is 15.2 Å². The lowest BCUT2D eigenvalue weighted by molar-refractivity contribution is -0.123. The summed E-state index contributed by atoms with van der Waals surface area (Å²) in [7, 11) is 0. The summed E-state index contributed by atoms with van der Waals surface area (Å²) >= 11 is 0. The van der Waals surface area contributed by atoms with E-state index in [1.165, 1.54) is 0 Å². The van der Waals surface area contributed by atoms with Crippen LogP contribution in [0.15, 0.2) is 76.1 Å². The zero-order valence-corrected chi connectivity index (χ0v) is 15.3. The van der Waals surface area contributed by atoms with Gasteiger partial charge in [0, 0.05) is 53.2 Å². The van der Waals surface area contributed by atoms with Crippen molar-refractivity contribution >= 4 is 40.3 Å². The average Bonchev–Trinajstić information content (AvgIpc) is 3.36. The number of hydrogen-bond donors (Lipinski definition) is 1. The predicted molar refractivity (Wildman–Crippen MR) is 110 cm³/mol. The van der Waals surface area contributed by atoms with E-state index in [0.29, 0.717) is 28.8 Å². The fourth-order valence-corrected chi connectivity index (χ4v) is 4.57. The molecule has 0 spiro atoms. The van der Waals surface area contributed by atoms with Crippen LogP contribution in [0.5, 0.6) is 0 Å². The molecule has 2 amide bonds. The van der Waals surface area contributed by atoms with E-state index in [0.717, 1.165) is 22.2 Å². The summed E-state index contributed by atoms with van der Waals surface area (Å²) in [5.74, 6) is -0.950. The number of hydrogen-bond acceptors (Lipinski definition) is 5. The molecule has 1 N–H and O–H groups in total. The lowest BCUT2D eigenvalue weighted by Crippen LogP contribution is -2.25. The lowest BCUT2D eigenvalue weighted by Gasteiger charge is -2.15. The van der Waals surface area contributed by atoms with Crippen LogP contribution >= 0.6 is 0 Å². The lowest BCUT2D eigenvalue weighted by atomic mass is 9.87. The number of anilines is 1. The summed E-state index contributed by atoms with van der Waals surface area (Å²) in [5.41, 5.74) is 5.19. The molecule has 6 heteroatoms. The van der Waals surface area contributed by atoms with Gasteiger partial charge in [0.2, 0.25) is 0 Å². The van der Waals surface area contributed by atoms with Crippen LogP contribution in [-0.2, 0) is 9.59 Å². The molecule has 0 saturated carbocycles. The second kappa shape index (κ2) is 5.78. The Bertz CT molecular complexity index is 1310. The number of benzene rings is 2. The number of fused-ring (bicyclic) bond motifs is 1. The minimum absolute atomic E-state index is 0.229. The van der Waals surface area contributed by atoms with E-state index >= 15 is 0 Å². The van der Waals surface area contributed by atoms with Gasteiger partial charge in [0.05, 0.1) is 17.5 Å². The minimum atomic E-state index is -0.380. The Balaban J connectivity index is 1.61. The Morgan fingerprint density at radius 3 is 2.90 bits per heavy atom. The summed E-state index contributed by atoms with van der Waals surface area (Å²) in [6.07, 6.45) is 7.06. The normalized spacial score (nSPS) is 19.9. The maximum absolute atomic E-state index is 12.9. The largest absolute Gasteiger partial charge is 0.464 e. The van der Waals surface area contributed by atoms with Crippen molar-refractivity contribution in [2.45, 2.75) is 5.92 Å². The Kier molecular flexibility index (Phi) is 3.20. The van der Waals surface area contributed by atoms with Crippen LogP contribution in [0.2, 0.25) is 0 Å². The molecule has 1 unspecified atom stereocenters. The number of furan rings is 1. The summed E-state index contributed by atoms with van der Waals surface area (Å²) in [4.78, 5) is 32.1. The van der Waals surface area contributed by atoms with Gasteiger partial charge in [-0.05, 0) is 11.6 Å². The quantitative estimate of drug-likeness (QED) is 0.691. The Hall–Kier alpha value is -3.93. The first-order valence-electron chi connectivity index (χ1n) is 9.38. The molecule has 3 aromatic rings. The average molecular weight is 381 g/mol. The van der Waals surface area contributed by atoms with Gasteiger partial charge in [-0.3, -0.25) is 19.9 Å². The van der Waals surface area contributed by atoms with Crippen molar-refractivity contribution in [2.24, 2.45) is 4.99 Å². The van der Waals surface area contributed by atoms with Crippen molar-refractivity contribution in [3.8, 4) is 0 Å². The molecule has 4 heterocycles. The fraction of sp³-hybridized carbons (Fsp3) is 0.0870. The molecule has 1 aromatic heterocycles. The van der Waals surface area contributed by atoms with E-state index in [9.17, 15) is 9.59 Å². The van der Waals surface area contributed by atoms with E-state index in [1.54, 1.807) is 12.5 Å². The number of imide groups is 1. The SMILES string of the molecule is O=C1NC(=O)C(C2CN3C=CN=Cc4cccc2c43)=C1c1cccc2ccoc12. The first-order valence-corrected chi connectivity index (χ1v) is 9.38. The number of amides is 2. The van der Waals surface area contributed by atoms with Gasteiger partial charge in [0.15, 0.2) is 0 Å². The van der Waals surface area contributed by atoms with Crippen molar-refractivity contribution in [3.05, 3.63) is 83.4 Å². The first-order chi connectivity index (χ1) is 14.2. The van der Waals surface area contributed by atoms with Crippen LogP contribution in [-0.4, -0.2) is 24.6 Å². The van der Waals surface area contributed by atoms with Gasteiger partial charge in [-0.2, -0.15) is 0 Å². The van der Waals surface area contributed by atoms with Crippen molar-refractivity contribution < 1.29 is 14.0 Å². The Labute approximate surface area is 165 Å². The van der Waals surface area contributed by atoms with Crippen LogP contribution in [0.25, 0.3) is 16.5 Å². The third-order valence-corrected chi connectivity index (χ3v) is 5.75. The van der Waals surface area contributed by atoms with E-state index in [1.807, 2.05) is 54.9 Å². The molecular formula is C23H15N3O3. The van der Waals surface area contributed by atoms with Crippen molar-refractivity contribution in [1.29, 1.82) is 0 Å². The Morgan fingerprint density at radius 1 is 1.07 bits per heavy atom. The summed E-state index contributed by atoms with van der Waals surface area (Å²) < 4.78 is 5.65. The van der Waals surface area contributed by atoms with Crippen molar-refractivity contribution in [2.75, 3.05) is 11.4 Å². The zero-order valence-electron chi connectivity index (χ0n) is 15.3. The highest BCUT2D eigenvalue weighted by Crippen LogP contribution is 2.46. The molecule has 2 aromatic carbocycles. The molecule has 0 radical (unpaired) electrons. The summed E-state index contributed by atoms with van der Waals surface area (Å²) in [6.45, 7) is 0.569. The van der Waals surface area contributed by atoms with Crippen LogP contribution in [0.1, 0.15) is 22.6 Å². The number of rotatable bonds is 2. The van der Waals surface area contributed by atoms with E-state index in [4.69, 9.17) is 4.42 Å². The molecule has 29 heavy (non-hydrogen) atoms. The topological polar surface area (TPSA) is 74.9 Å².